The van der Waals surface area contributed by atoms with Gasteiger partial charge in [-0.1, -0.05) is 30.3 Å². The maximum atomic E-state index is 12.8. The van der Waals surface area contributed by atoms with E-state index in [2.05, 4.69) is 4.85 Å². The molecule has 2 amide bonds. The lowest BCUT2D eigenvalue weighted by Gasteiger charge is -2.40. The van der Waals surface area contributed by atoms with Crippen molar-refractivity contribution in [3.05, 3.63) is 52.9 Å². The van der Waals surface area contributed by atoms with E-state index in [1.54, 1.807) is 41.5 Å². The van der Waals surface area contributed by atoms with Gasteiger partial charge in [-0.15, -0.1) is 0 Å². The lowest BCUT2D eigenvalue weighted by molar-refractivity contribution is -0.0656. The largest absolute Gasteiger partial charge is 0.442 e. The van der Waals surface area contributed by atoms with Gasteiger partial charge >= 0.3 is 12.2 Å². The van der Waals surface area contributed by atoms with E-state index in [0.717, 1.165) is 11.1 Å². The Morgan fingerprint density at radius 1 is 0.931 bits per heavy atom. The van der Waals surface area contributed by atoms with Crippen molar-refractivity contribution in [1.82, 2.24) is 10.0 Å². The first-order chi connectivity index (χ1) is 13.4. The molecule has 1 saturated heterocycles. The normalized spacial score (nSPS) is 16.7. The van der Waals surface area contributed by atoms with Crippen molar-refractivity contribution in [1.29, 1.82) is 0 Å². The van der Waals surface area contributed by atoms with Gasteiger partial charge in [0.15, 0.2) is 5.70 Å². The van der Waals surface area contributed by atoms with Crippen molar-refractivity contribution in [2.24, 2.45) is 0 Å². The van der Waals surface area contributed by atoms with Crippen LogP contribution in [0.3, 0.4) is 0 Å². The lowest BCUT2D eigenvalue weighted by atomic mass is 10.0. The molecule has 0 atom stereocenters. The van der Waals surface area contributed by atoms with Gasteiger partial charge in [-0.3, -0.25) is 0 Å². The third-order valence-electron chi connectivity index (χ3n) is 3.96. The molecule has 0 bridgehead atoms. The predicted molar refractivity (Wildman–Crippen MR) is 110 cm³/mol. The summed E-state index contributed by atoms with van der Waals surface area (Å²) in [4.78, 5) is 29.2. The van der Waals surface area contributed by atoms with Crippen molar-refractivity contribution in [2.45, 2.75) is 59.2 Å². The van der Waals surface area contributed by atoms with E-state index in [1.165, 1.54) is 10.0 Å². The number of hydrogen-bond acceptors (Lipinski definition) is 4. The number of benzene rings is 1. The van der Waals surface area contributed by atoms with Crippen LogP contribution in [0.5, 0.6) is 0 Å². The number of ether oxygens (including phenoxy) is 2. The third kappa shape index (κ3) is 6.24. The standard InChI is InChI=1S/C22H29N3O4/c1-21(2,3)28-19(26)24-14-13-17(15-25(24)20(27)29-22(4,5)6)18(23-7)16-11-9-8-10-12-16/h8-12H,13-15H2,1-6H3/b18-17-. The fourth-order valence-corrected chi connectivity index (χ4v) is 2.83. The number of carbonyl (C=O) groups excluding carboxylic acids is 2. The molecule has 1 aliphatic heterocycles. The Morgan fingerprint density at radius 2 is 1.45 bits per heavy atom. The van der Waals surface area contributed by atoms with Crippen LogP contribution in [0, 0.1) is 6.57 Å². The van der Waals surface area contributed by atoms with Crippen LogP contribution in [0.1, 0.15) is 53.5 Å². The molecule has 0 unspecified atom stereocenters. The Hall–Kier alpha value is -3.01. The summed E-state index contributed by atoms with van der Waals surface area (Å²) in [7, 11) is 0. The molecule has 0 aromatic heterocycles. The molecule has 2 rings (SSSR count). The number of amides is 2. The first-order valence-corrected chi connectivity index (χ1v) is 9.57. The van der Waals surface area contributed by atoms with Crippen LogP contribution in [-0.2, 0) is 9.47 Å². The number of rotatable bonds is 1. The van der Waals surface area contributed by atoms with E-state index in [-0.39, 0.29) is 13.1 Å². The summed E-state index contributed by atoms with van der Waals surface area (Å²) in [5.74, 6) is 0. The monoisotopic (exact) mass is 399 g/mol. The number of hydrazine groups is 1. The zero-order chi connectivity index (χ0) is 21.8. The van der Waals surface area contributed by atoms with Gasteiger partial charge in [-0.05, 0) is 59.1 Å². The van der Waals surface area contributed by atoms with Gasteiger partial charge in [-0.2, -0.15) is 0 Å². The molecule has 1 aromatic rings. The van der Waals surface area contributed by atoms with Gasteiger partial charge in [0.1, 0.15) is 11.2 Å². The summed E-state index contributed by atoms with van der Waals surface area (Å²) in [6.45, 7) is 18.5. The third-order valence-corrected chi connectivity index (χ3v) is 3.96. The van der Waals surface area contributed by atoms with Gasteiger partial charge in [0, 0.05) is 6.54 Å². The molecule has 1 fully saturated rings. The van der Waals surface area contributed by atoms with E-state index >= 15 is 0 Å². The number of carbonyl (C=O) groups is 2. The van der Waals surface area contributed by atoms with Crippen LogP contribution in [0.25, 0.3) is 10.5 Å². The Balaban J connectivity index is 2.38. The minimum absolute atomic E-state index is 0.0841. The zero-order valence-electron chi connectivity index (χ0n) is 18.0. The average Bonchev–Trinajstić information content (AvgIpc) is 2.60. The van der Waals surface area contributed by atoms with Gasteiger partial charge in [-0.25, -0.2) is 24.5 Å². The molecule has 1 aromatic carbocycles. The van der Waals surface area contributed by atoms with Crippen LogP contribution in [0.15, 0.2) is 35.9 Å². The summed E-state index contributed by atoms with van der Waals surface area (Å²) >= 11 is 0. The summed E-state index contributed by atoms with van der Waals surface area (Å²) in [5, 5.41) is 2.49. The highest BCUT2D eigenvalue weighted by Gasteiger charge is 2.37. The van der Waals surface area contributed by atoms with Crippen molar-refractivity contribution in [2.75, 3.05) is 13.1 Å². The molecule has 1 heterocycles. The smallest absolute Gasteiger partial charge is 0.429 e. The lowest BCUT2D eigenvalue weighted by Crippen LogP contribution is -2.56. The van der Waals surface area contributed by atoms with Crippen LogP contribution >= 0.6 is 0 Å². The Kier molecular flexibility index (Phi) is 6.58. The molecule has 0 aliphatic carbocycles. The second-order valence-corrected chi connectivity index (χ2v) is 8.82. The van der Waals surface area contributed by atoms with Gasteiger partial charge < -0.3 is 9.47 Å². The number of hydrogen-bond donors (Lipinski definition) is 0. The molecule has 0 spiro atoms. The summed E-state index contributed by atoms with van der Waals surface area (Å²) in [6.07, 6.45) is -0.810. The average molecular weight is 399 g/mol. The van der Waals surface area contributed by atoms with Crippen molar-refractivity contribution >= 4 is 17.9 Å². The highest BCUT2D eigenvalue weighted by Crippen LogP contribution is 2.29. The molecule has 7 heteroatoms. The molecule has 0 radical (unpaired) electrons. The van der Waals surface area contributed by atoms with Crippen molar-refractivity contribution in [3.8, 4) is 0 Å². The second kappa shape index (κ2) is 8.56. The van der Waals surface area contributed by atoms with Crippen LogP contribution in [0.4, 0.5) is 9.59 Å². The minimum atomic E-state index is -0.722. The Labute approximate surface area is 172 Å². The molecule has 7 nitrogen and oxygen atoms in total. The fraction of sp³-hybridized carbons (Fsp3) is 0.500. The maximum absolute atomic E-state index is 12.8. The predicted octanol–water partition coefficient (Wildman–Crippen LogP) is 5.11. The van der Waals surface area contributed by atoms with Crippen LogP contribution in [-0.4, -0.2) is 46.5 Å². The zero-order valence-corrected chi connectivity index (χ0v) is 18.0. The van der Waals surface area contributed by atoms with E-state index < -0.39 is 23.4 Å². The highest BCUT2D eigenvalue weighted by atomic mass is 16.6. The van der Waals surface area contributed by atoms with Crippen molar-refractivity contribution in [3.63, 3.8) is 0 Å². The molecule has 0 saturated carbocycles. The molecule has 156 valence electrons. The summed E-state index contributed by atoms with van der Waals surface area (Å²) in [5.41, 5.74) is 0.630. The molecule has 1 aliphatic rings. The molecular formula is C22H29N3O4. The first kappa shape index (κ1) is 22.3. The van der Waals surface area contributed by atoms with E-state index in [0.29, 0.717) is 12.1 Å². The Morgan fingerprint density at radius 3 is 1.93 bits per heavy atom. The SMILES string of the molecule is [C-]#[N+]/C(=C1/CCN(C(=O)OC(C)(C)C)N(C(=O)OC(C)(C)C)C1)c1ccccc1. The topological polar surface area (TPSA) is 63.4 Å². The molecular weight excluding hydrogens is 370 g/mol. The van der Waals surface area contributed by atoms with Gasteiger partial charge in [0.05, 0.1) is 13.1 Å². The second-order valence-electron chi connectivity index (χ2n) is 8.82. The van der Waals surface area contributed by atoms with E-state index in [1.807, 2.05) is 30.3 Å². The summed E-state index contributed by atoms with van der Waals surface area (Å²) < 4.78 is 10.9. The quantitative estimate of drug-likeness (QED) is 0.616. The van der Waals surface area contributed by atoms with Crippen molar-refractivity contribution < 1.29 is 19.1 Å². The minimum Gasteiger partial charge on any atom is -0.442 e. The van der Waals surface area contributed by atoms with Crippen LogP contribution in [0.2, 0.25) is 0 Å². The number of nitrogens with zero attached hydrogens (tertiary/aromatic N) is 3. The van der Waals surface area contributed by atoms with Gasteiger partial charge in [0.25, 0.3) is 0 Å². The Bertz CT molecular complexity index is 826. The first-order valence-electron chi connectivity index (χ1n) is 9.57. The fourth-order valence-electron chi connectivity index (χ4n) is 2.83. The summed E-state index contributed by atoms with van der Waals surface area (Å²) in [6, 6.07) is 9.33. The maximum Gasteiger partial charge on any atom is 0.429 e. The van der Waals surface area contributed by atoms with Gasteiger partial charge in [0.2, 0.25) is 0 Å². The molecule has 29 heavy (non-hydrogen) atoms. The molecule has 0 N–H and O–H groups in total. The van der Waals surface area contributed by atoms with E-state index in [4.69, 9.17) is 16.0 Å². The van der Waals surface area contributed by atoms with Crippen LogP contribution < -0.4 is 0 Å². The highest BCUT2D eigenvalue weighted by molar-refractivity contribution is 5.78. The van der Waals surface area contributed by atoms with E-state index in [9.17, 15) is 9.59 Å².